The van der Waals surface area contributed by atoms with E-state index in [1.807, 2.05) is 0 Å². The van der Waals surface area contributed by atoms with E-state index in [0.29, 0.717) is 28.0 Å². The lowest BCUT2D eigenvalue weighted by molar-refractivity contribution is -0.134. The molecule has 0 unspecified atom stereocenters. The molecule has 2 aliphatic heterocycles. The van der Waals surface area contributed by atoms with Gasteiger partial charge in [0.15, 0.2) is 9.84 Å². The first-order valence-electron chi connectivity index (χ1n) is 8.93. The zero-order valence-electron chi connectivity index (χ0n) is 15.5. The fourth-order valence-electron chi connectivity index (χ4n) is 3.47. The van der Waals surface area contributed by atoms with Gasteiger partial charge >= 0.3 is 5.97 Å². The van der Waals surface area contributed by atoms with Gasteiger partial charge in [-0.05, 0) is 35.4 Å². The van der Waals surface area contributed by atoms with Crippen LogP contribution in [0.4, 0.5) is 5.69 Å². The lowest BCUT2D eigenvalue weighted by Crippen LogP contribution is -2.28. The lowest BCUT2D eigenvalue weighted by Gasteiger charge is -2.14. The van der Waals surface area contributed by atoms with Crippen LogP contribution in [0.15, 0.2) is 53.4 Å². The average molecular weight is 411 g/mol. The Morgan fingerprint density at radius 2 is 1.38 bits per heavy atom. The van der Waals surface area contributed by atoms with E-state index >= 15 is 0 Å². The molecule has 2 aromatic carbocycles. The molecule has 2 amide bonds. The van der Waals surface area contributed by atoms with Crippen LogP contribution in [0, 0.1) is 0 Å². The molecule has 148 valence electrons. The summed E-state index contributed by atoms with van der Waals surface area (Å²) >= 11 is 0. The number of benzene rings is 2. The van der Waals surface area contributed by atoms with Crippen molar-refractivity contribution in [3.05, 3.63) is 59.7 Å². The molecule has 0 N–H and O–H groups in total. The summed E-state index contributed by atoms with van der Waals surface area (Å²) < 4.78 is 28.5. The van der Waals surface area contributed by atoms with Crippen LogP contribution in [0.25, 0.3) is 11.1 Å². The van der Waals surface area contributed by atoms with Crippen LogP contribution in [0.1, 0.15) is 24.0 Å². The van der Waals surface area contributed by atoms with Crippen molar-refractivity contribution in [2.45, 2.75) is 17.7 Å². The molecule has 29 heavy (non-hydrogen) atoms. The van der Waals surface area contributed by atoms with Crippen molar-refractivity contribution in [1.82, 2.24) is 0 Å². The predicted molar refractivity (Wildman–Crippen MR) is 105 cm³/mol. The van der Waals surface area contributed by atoms with Crippen LogP contribution in [-0.4, -0.2) is 39.1 Å². The first-order valence-corrected chi connectivity index (χ1v) is 10.8. The second-order valence-corrected chi connectivity index (χ2v) is 8.91. The van der Waals surface area contributed by atoms with E-state index in [1.165, 1.54) is 12.1 Å². The minimum atomic E-state index is -3.32. The van der Waals surface area contributed by atoms with Crippen molar-refractivity contribution in [3.63, 3.8) is 0 Å². The number of hydrogen-bond donors (Lipinski definition) is 0. The highest BCUT2D eigenvalue weighted by molar-refractivity contribution is 7.90. The lowest BCUT2D eigenvalue weighted by atomic mass is 9.96. The van der Waals surface area contributed by atoms with E-state index in [0.717, 1.165) is 11.2 Å². The molecule has 2 aromatic rings. The average Bonchev–Trinajstić information content (AvgIpc) is 3.23. The van der Waals surface area contributed by atoms with E-state index in [-0.39, 0.29) is 36.2 Å². The van der Waals surface area contributed by atoms with Crippen LogP contribution in [0.3, 0.4) is 0 Å². The van der Waals surface area contributed by atoms with Crippen molar-refractivity contribution < 1.29 is 27.5 Å². The quantitative estimate of drug-likeness (QED) is 0.565. The number of cyclic esters (lactones) is 1. The molecule has 0 radical (unpaired) electrons. The molecular weight excluding hydrogens is 394 g/mol. The number of ether oxygens (including phenoxy) is 1. The van der Waals surface area contributed by atoms with Gasteiger partial charge in [0.05, 0.1) is 16.2 Å². The number of carbonyl (C=O) groups is 3. The first-order chi connectivity index (χ1) is 13.8. The summed E-state index contributed by atoms with van der Waals surface area (Å²) in [7, 11) is -3.32. The maximum atomic E-state index is 12.3. The smallest absolute Gasteiger partial charge is 0.339 e. The number of esters is 1. The van der Waals surface area contributed by atoms with Gasteiger partial charge < -0.3 is 4.74 Å². The van der Waals surface area contributed by atoms with E-state index < -0.39 is 15.8 Å². The molecule has 7 nitrogen and oxygen atoms in total. The van der Waals surface area contributed by atoms with E-state index in [2.05, 4.69) is 0 Å². The minimum absolute atomic E-state index is 0.0806. The SMILES string of the molecule is CS(=O)(=O)c1ccc(C2=C(c3ccc(N4C(=O)CCC4=O)cc3)C(=O)OC2)cc1. The summed E-state index contributed by atoms with van der Waals surface area (Å²) in [5.74, 6) is -0.962. The summed E-state index contributed by atoms with van der Waals surface area (Å²) in [4.78, 5) is 37.5. The molecule has 2 aliphatic rings. The molecule has 1 fully saturated rings. The van der Waals surface area contributed by atoms with Crippen molar-refractivity contribution in [1.29, 1.82) is 0 Å². The Kier molecular flexibility index (Phi) is 4.58. The third-order valence-corrected chi connectivity index (χ3v) is 6.08. The Morgan fingerprint density at radius 1 is 0.828 bits per heavy atom. The molecule has 0 bridgehead atoms. The van der Waals surface area contributed by atoms with Crippen LogP contribution in [-0.2, 0) is 29.0 Å². The van der Waals surface area contributed by atoms with Gasteiger partial charge in [-0.3, -0.25) is 14.5 Å². The topological polar surface area (TPSA) is 97.8 Å². The Hall–Kier alpha value is -3.26. The van der Waals surface area contributed by atoms with Crippen LogP contribution in [0.5, 0.6) is 0 Å². The largest absolute Gasteiger partial charge is 0.457 e. The van der Waals surface area contributed by atoms with Crippen molar-refractivity contribution in [2.75, 3.05) is 17.8 Å². The number of imide groups is 1. The van der Waals surface area contributed by atoms with Gasteiger partial charge in [-0.1, -0.05) is 24.3 Å². The van der Waals surface area contributed by atoms with Gasteiger partial charge in [-0.15, -0.1) is 0 Å². The van der Waals surface area contributed by atoms with Gasteiger partial charge in [-0.25, -0.2) is 13.2 Å². The fourth-order valence-corrected chi connectivity index (χ4v) is 4.10. The zero-order chi connectivity index (χ0) is 20.8. The highest BCUT2D eigenvalue weighted by Gasteiger charge is 2.31. The summed E-state index contributed by atoms with van der Waals surface area (Å²) in [6.45, 7) is 0.0806. The Bertz CT molecular complexity index is 1140. The Balaban J connectivity index is 1.71. The van der Waals surface area contributed by atoms with Crippen LogP contribution < -0.4 is 4.90 Å². The monoisotopic (exact) mass is 411 g/mol. The summed E-state index contributed by atoms with van der Waals surface area (Å²) in [5, 5.41) is 0. The maximum Gasteiger partial charge on any atom is 0.339 e. The van der Waals surface area contributed by atoms with Gasteiger partial charge in [0.2, 0.25) is 11.8 Å². The Morgan fingerprint density at radius 3 is 1.93 bits per heavy atom. The number of amides is 2. The van der Waals surface area contributed by atoms with Gasteiger partial charge in [0.25, 0.3) is 0 Å². The van der Waals surface area contributed by atoms with Crippen molar-refractivity contribution in [3.8, 4) is 0 Å². The number of anilines is 1. The third kappa shape index (κ3) is 3.47. The first kappa shape index (κ1) is 19.1. The molecule has 4 rings (SSSR count). The highest BCUT2D eigenvalue weighted by atomic mass is 32.2. The van der Waals surface area contributed by atoms with E-state index in [1.54, 1.807) is 36.4 Å². The molecule has 0 aromatic heterocycles. The van der Waals surface area contributed by atoms with Crippen molar-refractivity contribution in [2.24, 2.45) is 0 Å². The number of hydrogen-bond acceptors (Lipinski definition) is 6. The minimum Gasteiger partial charge on any atom is -0.457 e. The van der Waals surface area contributed by atoms with E-state index in [9.17, 15) is 22.8 Å². The highest BCUT2D eigenvalue weighted by Crippen LogP contribution is 2.34. The normalized spacial score (nSPS) is 17.3. The van der Waals surface area contributed by atoms with Crippen LogP contribution in [0.2, 0.25) is 0 Å². The molecule has 1 saturated heterocycles. The predicted octanol–water partition coefficient (Wildman–Crippen LogP) is 2.21. The molecule has 8 heteroatoms. The third-order valence-electron chi connectivity index (χ3n) is 4.95. The molecule has 0 atom stereocenters. The van der Waals surface area contributed by atoms with Gasteiger partial charge in [0, 0.05) is 24.7 Å². The van der Waals surface area contributed by atoms with Crippen molar-refractivity contribution >= 4 is 44.5 Å². The second kappa shape index (κ2) is 6.97. The summed E-state index contributed by atoms with van der Waals surface area (Å²) in [6.07, 6.45) is 1.53. The number of carbonyl (C=O) groups excluding carboxylic acids is 3. The fraction of sp³-hybridized carbons (Fsp3) is 0.190. The standard InChI is InChI=1S/C21H17NO6S/c1-29(26,27)16-8-4-13(5-9-16)17-12-28-21(25)20(17)14-2-6-15(7-3-14)22-18(23)10-11-19(22)24/h2-9H,10-12H2,1H3. The number of sulfone groups is 1. The number of rotatable bonds is 4. The molecular formula is C21H17NO6S. The number of nitrogens with zero attached hydrogens (tertiary/aromatic N) is 1. The van der Waals surface area contributed by atoms with Gasteiger partial charge in [0.1, 0.15) is 6.61 Å². The second-order valence-electron chi connectivity index (χ2n) is 6.90. The summed E-state index contributed by atoms with van der Waals surface area (Å²) in [6, 6.07) is 12.9. The molecule has 2 heterocycles. The Labute approximate surface area is 167 Å². The maximum absolute atomic E-state index is 12.3. The zero-order valence-corrected chi connectivity index (χ0v) is 16.4. The molecule has 0 spiro atoms. The van der Waals surface area contributed by atoms with Gasteiger partial charge in [-0.2, -0.15) is 0 Å². The molecule has 0 saturated carbocycles. The van der Waals surface area contributed by atoms with E-state index in [4.69, 9.17) is 4.74 Å². The van der Waals surface area contributed by atoms with Crippen LogP contribution >= 0.6 is 0 Å². The molecule has 0 aliphatic carbocycles. The summed E-state index contributed by atoms with van der Waals surface area (Å²) in [5.41, 5.74) is 2.77.